The average Bonchev–Trinajstić information content (AvgIpc) is 2.93. The van der Waals surface area contributed by atoms with Crippen LogP contribution < -0.4 is 14.8 Å². The zero-order chi connectivity index (χ0) is 32.8. The number of aryl methyl sites for hydroxylation is 2. The molecular weight excluding hydrogens is 588 g/mol. The van der Waals surface area contributed by atoms with Gasteiger partial charge >= 0.3 is 0 Å². The van der Waals surface area contributed by atoms with E-state index in [1.807, 2.05) is 32.0 Å². The molecule has 0 bridgehead atoms. The van der Waals surface area contributed by atoms with Gasteiger partial charge in [-0.2, -0.15) is 0 Å². The molecule has 0 saturated carbocycles. The summed E-state index contributed by atoms with van der Waals surface area (Å²) in [7, 11) is 1.51. The van der Waals surface area contributed by atoms with E-state index in [1.54, 1.807) is 12.1 Å². The summed E-state index contributed by atoms with van der Waals surface area (Å²) < 4.78 is 11.7. The van der Waals surface area contributed by atoms with Gasteiger partial charge in [-0.15, -0.1) is 0 Å². The lowest BCUT2D eigenvalue weighted by Gasteiger charge is -2.49. The van der Waals surface area contributed by atoms with Crippen LogP contribution in [0.3, 0.4) is 0 Å². The topological polar surface area (TPSA) is 84.9 Å². The molecule has 1 amide bonds. The van der Waals surface area contributed by atoms with Gasteiger partial charge in [0.15, 0.2) is 29.7 Å². The minimum Gasteiger partial charge on any atom is -0.493 e. The van der Waals surface area contributed by atoms with Crippen molar-refractivity contribution in [2.75, 3.05) is 25.6 Å². The number of ketones is 2. The Kier molecular flexibility index (Phi) is 8.98. The number of methoxy groups -OCH3 is 1. The number of hydrogen-bond donors (Lipinski definition) is 1. The molecule has 8 heteroatoms. The quantitative estimate of drug-likeness (QED) is 0.317. The van der Waals surface area contributed by atoms with Gasteiger partial charge in [0, 0.05) is 53.5 Å². The van der Waals surface area contributed by atoms with Crippen molar-refractivity contribution in [3.63, 3.8) is 0 Å². The Balaban J connectivity index is 1.55. The Morgan fingerprint density at radius 3 is 2.09 bits per heavy atom. The molecule has 2 aromatic carbocycles. The van der Waals surface area contributed by atoms with Crippen LogP contribution >= 0.6 is 11.6 Å². The highest BCUT2D eigenvalue weighted by molar-refractivity contribution is 6.32. The number of carbonyl (C=O) groups excluding carboxylic acids is 3. The molecule has 0 spiro atoms. The smallest absolute Gasteiger partial charge is 0.262 e. The molecule has 0 aromatic heterocycles. The summed E-state index contributed by atoms with van der Waals surface area (Å²) in [6.07, 6.45) is 3.21. The lowest BCUT2D eigenvalue weighted by Crippen LogP contribution is -2.44. The Hall–Kier alpha value is -3.58. The number of rotatable bonds is 8. The highest BCUT2D eigenvalue weighted by Gasteiger charge is 2.49. The second-order valence-corrected chi connectivity index (χ2v) is 14.8. The van der Waals surface area contributed by atoms with Crippen LogP contribution in [-0.2, 0) is 14.4 Å². The highest BCUT2D eigenvalue weighted by Crippen LogP contribution is 2.55. The summed E-state index contributed by atoms with van der Waals surface area (Å²) in [6.45, 7) is 15.1. The minimum absolute atomic E-state index is 0.0648. The number of anilines is 1. The number of carbonyl (C=O) groups is 3. The predicted octanol–water partition coefficient (Wildman–Crippen LogP) is 8.08. The molecule has 1 heterocycles. The zero-order valence-corrected chi connectivity index (χ0v) is 28.5. The van der Waals surface area contributed by atoms with Crippen molar-refractivity contribution < 1.29 is 23.9 Å². The van der Waals surface area contributed by atoms with Gasteiger partial charge in [-0.1, -0.05) is 63.9 Å². The maximum Gasteiger partial charge on any atom is 0.262 e. The van der Waals surface area contributed by atoms with E-state index >= 15 is 0 Å². The number of ether oxygens (including phenoxy) is 2. The average molecular weight is 633 g/mol. The Bertz CT molecular complexity index is 1580. The van der Waals surface area contributed by atoms with Gasteiger partial charge < -0.3 is 19.7 Å². The van der Waals surface area contributed by atoms with E-state index in [9.17, 15) is 14.4 Å². The molecule has 0 atom stereocenters. The van der Waals surface area contributed by atoms with Crippen molar-refractivity contribution in [1.29, 1.82) is 0 Å². The number of allylic oxidation sites excluding steroid dienone is 4. The number of halogens is 1. The third kappa shape index (κ3) is 6.55. The van der Waals surface area contributed by atoms with E-state index < -0.39 is 5.92 Å². The first-order valence-corrected chi connectivity index (χ1v) is 16.2. The van der Waals surface area contributed by atoms with E-state index in [1.165, 1.54) is 7.11 Å². The summed E-state index contributed by atoms with van der Waals surface area (Å²) in [5.74, 6) is -0.182. The number of nitrogens with zero attached hydrogens (tertiary/aromatic N) is 1. The van der Waals surface area contributed by atoms with E-state index in [-0.39, 0.29) is 45.7 Å². The number of amides is 1. The summed E-state index contributed by atoms with van der Waals surface area (Å²) in [5, 5.41) is 3.13. The monoisotopic (exact) mass is 632 g/mol. The fourth-order valence-electron chi connectivity index (χ4n) is 7.20. The fourth-order valence-corrected chi connectivity index (χ4v) is 7.47. The molecule has 0 radical (unpaired) electrons. The van der Waals surface area contributed by atoms with E-state index in [4.69, 9.17) is 21.1 Å². The van der Waals surface area contributed by atoms with Gasteiger partial charge in [0.2, 0.25) is 0 Å². The first-order chi connectivity index (χ1) is 21.1. The van der Waals surface area contributed by atoms with Gasteiger partial charge in [-0.05, 0) is 73.3 Å². The molecule has 5 rings (SSSR count). The lowest BCUT2D eigenvalue weighted by atomic mass is 9.63. The maximum absolute atomic E-state index is 14.0. The Labute approximate surface area is 272 Å². The van der Waals surface area contributed by atoms with E-state index in [0.717, 1.165) is 48.3 Å². The normalized spacial score (nSPS) is 19.4. The van der Waals surface area contributed by atoms with Crippen LogP contribution in [0.2, 0.25) is 5.02 Å². The number of Topliss-reactive ketones (excluding diaryl/α,β-unsaturated/α-hetero) is 2. The fraction of sp³-hybridized carbons (Fsp3) is 0.486. The van der Waals surface area contributed by atoms with Gasteiger partial charge in [-0.3, -0.25) is 14.4 Å². The first kappa shape index (κ1) is 32.8. The van der Waals surface area contributed by atoms with Crippen LogP contribution in [0.4, 0.5) is 5.69 Å². The predicted molar refractivity (Wildman–Crippen MR) is 178 cm³/mol. The van der Waals surface area contributed by atoms with Crippen molar-refractivity contribution in [1.82, 2.24) is 4.90 Å². The third-order valence-corrected chi connectivity index (χ3v) is 9.34. The molecule has 1 N–H and O–H groups in total. The third-order valence-electron chi connectivity index (χ3n) is 9.06. The van der Waals surface area contributed by atoms with E-state index in [0.29, 0.717) is 41.0 Å². The zero-order valence-electron chi connectivity index (χ0n) is 27.8. The Morgan fingerprint density at radius 2 is 1.56 bits per heavy atom. The number of nitrogens with one attached hydrogen (secondary N) is 1. The molecule has 45 heavy (non-hydrogen) atoms. The van der Waals surface area contributed by atoms with Crippen molar-refractivity contribution in [3.8, 4) is 11.5 Å². The molecule has 0 unspecified atom stereocenters. The van der Waals surface area contributed by atoms with E-state index in [2.05, 4.69) is 44.8 Å². The van der Waals surface area contributed by atoms with Crippen molar-refractivity contribution in [2.45, 2.75) is 86.5 Å². The molecule has 2 aliphatic carbocycles. The van der Waals surface area contributed by atoms with Crippen LogP contribution in [0.15, 0.2) is 52.9 Å². The number of hydrogen-bond acceptors (Lipinski definition) is 6. The van der Waals surface area contributed by atoms with Crippen LogP contribution in [-0.4, -0.2) is 42.6 Å². The molecular formula is C37H45ClN2O5. The van der Waals surface area contributed by atoms with Crippen LogP contribution in [0.25, 0.3) is 0 Å². The molecule has 3 aliphatic rings. The van der Waals surface area contributed by atoms with Gasteiger partial charge in [0.25, 0.3) is 5.91 Å². The van der Waals surface area contributed by atoms with Crippen molar-refractivity contribution in [2.24, 2.45) is 10.8 Å². The molecule has 0 fully saturated rings. The minimum atomic E-state index is -0.552. The molecule has 2 aromatic rings. The van der Waals surface area contributed by atoms with Crippen LogP contribution in [0, 0.1) is 24.7 Å². The van der Waals surface area contributed by atoms with Gasteiger partial charge in [0.1, 0.15) is 0 Å². The van der Waals surface area contributed by atoms with Gasteiger partial charge in [-0.25, -0.2) is 0 Å². The van der Waals surface area contributed by atoms with Crippen molar-refractivity contribution in [3.05, 3.63) is 74.6 Å². The second-order valence-electron chi connectivity index (χ2n) is 14.4. The summed E-state index contributed by atoms with van der Waals surface area (Å²) in [6, 6.07) is 9.37. The largest absolute Gasteiger partial charge is 0.493 e. The first-order valence-electron chi connectivity index (χ1n) is 15.8. The second kappa shape index (κ2) is 12.3. The highest BCUT2D eigenvalue weighted by atomic mass is 35.5. The Morgan fingerprint density at radius 1 is 0.956 bits per heavy atom. The standard InChI is InChI=1S/C37H45ClN2O5/c1-9-12-40-26-16-36(4,5)18-28(41)33(26)32(34-27(40)17-37(6,7)19-29(34)42)23-14-24(38)35(30(15-23)44-8)45-20-31(43)39-25-11-10-21(2)13-22(25)3/h10-11,13-15,32H,9,12,16-20H2,1-8H3,(H,39,43). The molecule has 7 nitrogen and oxygen atoms in total. The maximum atomic E-state index is 14.0. The molecule has 0 saturated heterocycles. The molecule has 240 valence electrons. The molecule has 1 aliphatic heterocycles. The van der Waals surface area contributed by atoms with Crippen LogP contribution in [0.5, 0.6) is 11.5 Å². The SMILES string of the molecule is CCCN1C2=C(C(=O)CC(C)(C)C2)C(c2cc(Cl)c(OCC(=O)Nc3ccc(C)cc3C)c(OC)c2)C2=C1CC(C)(C)CC2=O. The summed E-state index contributed by atoms with van der Waals surface area (Å²) >= 11 is 6.86. The summed E-state index contributed by atoms with van der Waals surface area (Å²) in [5.41, 5.74) is 6.52. The van der Waals surface area contributed by atoms with Crippen LogP contribution in [0.1, 0.15) is 89.3 Å². The van der Waals surface area contributed by atoms with Crippen molar-refractivity contribution >= 4 is 34.8 Å². The number of benzene rings is 2. The summed E-state index contributed by atoms with van der Waals surface area (Å²) in [4.78, 5) is 43.1. The lowest BCUT2D eigenvalue weighted by molar-refractivity contribution is -0.120. The van der Waals surface area contributed by atoms with Gasteiger partial charge in [0.05, 0.1) is 12.1 Å².